The van der Waals surface area contributed by atoms with Crippen LogP contribution in [0.1, 0.15) is 49.4 Å². The van der Waals surface area contributed by atoms with Crippen LogP contribution >= 0.6 is 0 Å². The highest BCUT2D eigenvalue weighted by molar-refractivity contribution is 5.95. The number of hydrogen-bond donors (Lipinski definition) is 1. The van der Waals surface area contributed by atoms with Crippen molar-refractivity contribution in [1.29, 1.82) is 0 Å². The van der Waals surface area contributed by atoms with Gasteiger partial charge in [0.05, 0.1) is 12.6 Å². The van der Waals surface area contributed by atoms with E-state index in [2.05, 4.69) is 10.3 Å². The third kappa shape index (κ3) is 4.95. The van der Waals surface area contributed by atoms with Gasteiger partial charge in [-0.25, -0.2) is 4.39 Å². The van der Waals surface area contributed by atoms with Crippen molar-refractivity contribution in [2.45, 2.75) is 45.1 Å². The summed E-state index contributed by atoms with van der Waals surface area (Å²) in [5, 5.41) is 3.81. The minimum absolute atomic E-state index is 0.0551. The molecule has 31 heavy (non-hydrogen) atoms. The number of hydrogen-bond acceptors (Lipinski definition) is 4. The fraction of sp³-hybridized carbons (Fsp3) is 0.360. The molecule has 6 heteroatoms. The van der Waals surface area contributed by atoms with E-state index in [1.54, 1.807) is 31.5 Å². The molecule has 1 aromatic heterocycles. The maximum atomic E-state index is 14.3. The number of carbonyl (C=O) groups excluding carboxylic acids is 1. The number of methoxy groups -OCH3 is 1. The Kier molecular flexibility index (Phi) is 6.35. The Labute approximate surface area is 181 Å². The van der Waals surface area contributed by atoms with Gasteiger partial charge >= 0.3 is 0 Å². The Bertz CT molecular complexity index is 1080. The second-order valence-electron chi connectivity index (χ2n) is 8.13. The van der Waals surface area contributed by atoms with Crippen LogP contribution in [0.25, 0.3) is 10.9 Å². The quantitative estimate of drug-likeness (QED) is 0.539. The van der Waals surface area contributed by atoms with E-state index in [0.29, 0.717) is 22.9 Å². The van der Waals surface area contributed by atoms with Crippen LogP contribution in [0.4, 0.5) is 4.39 Å². The molecule has 4 rings (SSSR count). The normalized spacial score (nSPS) is 15.5. The fourth-order valence-electron chi connectivity index (χ4n) is 4.24. The molecule has 1 saturated carbocycles. The summed E-state index contributed by atoms with van der Waals surface area (Å²) < 4.78 is 25.5. The first-order chi connectivity index (χ1) is 15.0. The van der Waals surface area contributed by atoms with Gasteiger partial charge < -0.3 is 14.8 Å². The van der Waals surface area contributed by atoms with Crippen LogP contribution in [-0.2, 0) is 0 Å². The summed E-state index contributed by atoms with van der Waals surface area (Å²) >= 11 is 0. The van der Waals surface area contributed by atoms with Gasteiger partial charge in [-0.2, -0.15) is 0 Å². The number of pyridine rings is 1. The molecule has 1 amide bonds. The topological polar surface area (TPSA) is 60.5 Å². The number of halogens is 1. The monoisotopic (exact) mass is 422 g/mol. The van der Waals surface area contributed by atoms with Crippen molar-refractivity contribution in [3.05, 3.63) is 60.0 Å². The zero-order valence-corrected chi connectivity index (χ0v) is 17.9. The second kappa shape index (κ2) is 9.33. The number of ether oxygens (including phenoxy) is 2. The lowest BCUT2D eigenvalue weighted by Gasteiger charge is -2.28. The van der Waals surface area contributed by atoms with Crippen molar-refractivity contribution >= 4 is 16.8 Å². The summed E-state index contributed by atoms with van der Waals surface area (Å²) in [7, 11) is 1.59. The summed E-state index contributed by atoms with van der Waals surface area (Å²) in [6.07, 6.45) is 7.54. The Morgan fingerprint density at radius 2 is 1.90 bits per heavy atom. The maximum Gasteiger partial charge on any atom is 0.251 e. The summed E-state index contributed by atoms with van der Waals surface area (Å²) in [5.74, 6) is 1.15. The molecule has 0 saturated heterocycles. The highest BCUT2D eigenvalue weighted by atomic mass is 19.1. The molecular weight excluding hydrogens is 395 g/mol. The molecule has 1 N–H and O–H groups in total. The SMILES string of the molecule is COc1ccc2c(Oc3cc(F)cc(C(=O)N[C@H](C)C4CCCCC4)c3)ccnc2c1. The van der Waals surface area contributed by atoms with E-state index in [9.17, 15) is 9.18 Å². The molecule has 3 aromatic rings. The zero-order valence-electron chi connectivity index (χ0n) is 17.9. The first-order valence-corrected chi connectivity index (χ1v) is 10.8. The average molecular weight is 423 g/mol. The van der Waals surface area contributed by atoms with Crippen molar-refractivity contribution < 1.29 is 18.7 Å². The highest BCUT2D eigenvalue weighted by Gasteiger charge is 2.22. The molecular formula is C25H27FN2O3. The Morgan fingerprint density at radius 1 is 1.10 bits per heavy atom. The number of carbonyl (C=O) groups is 1. The van der Waals surface area contributed by atoms with E-state index in [0.717, 1.165) is 18.2 Å². The summed E-state index contributed by atoms with van der Waals surface area (Å²) in [6.45, 7) is 2.03. The number of amides is 1. The molecule has 1 fully saturated rings. The van der Waals surface area contributed by atoms with E-state index in [1.807, 2.05) is 19.1 Å². The van der Waals surface area contributed by atoms with Crippen molar-refractivity contribution in [1.82, 2.24) is 10.3 Å². The second-order valence-corrected chi connectivity index (χ2v) is 8.13. The van der Waals surface area contributed by atoms with Crippen molar-refractivity contribution in [2.24, 2.45) is 5.92 Å². The molecule has 0 spiro atoms. The maximum absolute atomic E-state index is 14.3. The predicted octanol–water partition coefficient (Wildman–Crippen LogP) is 5.87. The van der Waals surface area contributed by atoms with Crippen LogP contribution in [0.2, 0.25) is 0 Å². The van der Waals surface area contributed by atoms with Crippen molar-refractivity contribution in [3.8, 4) is 17.2 Å². The van der Waals surface area contributed by atoms with Crippen LogP contribution in [0.15, 0.2) is 48.7 Å². The van der Waals surface area contributed by atoms with Gasteiger partial charge in [-0.05, 0) is 56.0 Å². The minimum Gasteiger partial charge on any atom is -0.497 e. The van der Waals surface area contributed by atoms with Gasteiger partial charge in [0.2, 0.25) is 0 Å². The lowest BCUT2D eigenvalue weighted by Crippen LogP contribution is -2.38. The van der Waals surface area contributed by atoms with Crippen LogP contribution in [0.5, 0.6) is 17.2 Å². The van der Waals surface area contributed by atoms with Gasteiger partial charge in [0, 0.05) is 35.3 Å². The summed E-state index contributed by atoms with van der Waals surface area (Å²) in [6, 6.07) is 11.3. The number of nitrogens with one attached hydrogen (secondary N) is 1. The standard InChI is InChI=1S/C25H27FN2O3/c1-16(17-6-4-3-5-7-17)28-25(29)18-12-19(26)14-21(13-18)31-24-10-11-27-23-15-20(30-2)8-9-22(23)24/h8-17H,3-7H2,1-2H3,(H,28,29)/t16-/m1/s1. The highest BCUT2D eigenvalue weighted by Crippen LogP contribution is 2.32. The lowest BCUT2D eigenvalue weighted by atomic mass is 9.84. The largest absolute Gasteiger partial charge is 0.497 e. The number of nitrogens with zero attached hydrogens (tertiary/aromatic N) is 1. The third-order valence-corrected chi connectivity index (χ3v) is 5.99. The summed E-state index contributed by atoms with van der Waals surface area (Å²) in [5.41, 5.74) is 0.949. The lowest BCUT2D eigenvalue weighted by molar-refractivity contribution is 0.0918. The van der Waals surface area contributed by atoms with Crippen LogP contribution < -0.4 is 14.8 Å². The van der Waals surface area contributed by atoms with Gasteiger partial charge in [-0.15, -0.1) is 0 Å². The van der Waals surface area contributed by atoms with Crippen molar-refractivity contribution in [2.75, 3.05) is 7.11 Å². The molecule has 1 heterocycles. The van der Waals surface area contributed by atoms with Crippen LogP contribution in [0, 0.1) is 11.7 Å². The molecule has 1 aliphatic rings. The van der Waals surface area contributed by atoms with Gasteiger partial charge in [0.25, 0.3) is 5.91 Å². The number of fused-ring (bicyclic) bond motifs is 1. The molecule has 5 nitrogen and oxygen atoms in total. The molecule has 0 radical (unpaired) electrons. The first-order valence-electron chi connectivity index (χ1n) is 10.8. The molecule has 0 aliphatic heterocycles. The average Bonchev–Trinajstić information content (AvgIpc) is 2.79. The number of rotatable bonds is 6. The fourth-order valence-corrected chi connectivity index (χ4v) is 4.24. The van der Waals surface area contributed by atoms with E-state index >= 15 is 0 Å². The van der Waals surface area contributed by atoms with Crippen LogP contribution in [-0.4, -0.2) is 24.0 Å². The van der Waals surface area contributed by atoms with Crippen LogP contribution in [0.3, 0.4) is 0 Å². The van der Waals surface area contributed by atoms with E-state index in [-0.39, 0.29) is 23.3 Å². The molecule has 2 aromatic carbocycles. The minimum atomic E-state index is -0.520. The smallest absolute Gasteiger partial charge is 0.251 e. The van der Waals surface area contributed by atoms with Crippen molar-refractivity contribution in [3.63, 3.8) is 0 Å². The number of benzene rings is 2. The van der Waals surface area contributed by atoms with Gasteiger partial charge in [-0.1, -0.05) is 19.3 Å². The Hall–Kier alpha value is -3.15. The summed E-state index contributed by atoms with van der Waals surface area (Å²) in [4.78, 5) is 17.1. The van der Waals surface area contributed by atoms with E-state index in [1.165, 1.54) is 31.4 Å². The molecule has 1 aliphatic carbocycles. The van der Waals surface area contributed by atoms with Gasteiger partial charge in [0.1, 0.15) is 23.1 Å². The third-order valence-electron chi connectivity index (χ3n) is 5.99. The number of aromatic nitrogens is 1. The van der Waals surface area contributed by atoms with Gasteiger partial charge in [0.15, 0.2) is 0 Å². The Balaban J connectivity index is 1.54. The molecule has 162 valence electrons. The molecule has 0 unspecified atom stereocenters. The Morgan fingerprint density at radius 3 is 2.68 bits per heavy atom. The first kappa shape index (κ1) is 21.1. The molecule has 1 atom stereocenters. The zero-order chi connectivity index (χ0) is 21.8. The molecule has 0 bridgehead atoms. The van der Waals surface area contributed by atoms with E-state index < -0.39 is 5.82 Å². The van der Waals surface area contributed by atoms with Gasteiger partial charge in [-0.3, -0.25) is 9.78 Å². The van der Waals surface area contributed by atoms with E-state index in [4.69, 9.17) is 9.47 Å². The predicted molar refractivity (Wildman–Crippen MR) is 118 cm³/mol.